The fourth-order valence-electron chi connectivity index (χ4n) is 1.29. The average molecular weight is 213 g/mol. The minimum atomic E-state index is -0.402. The minimum absolute atomic E-state index is 0.0784. The van der Waals surface area contributed by atoms with Crippen molar-refractivity contribution in [1.29, 1.82) is 5.53 Å². The third-order valence-electron chi connectivity index (χ3n) is 2.10. The molecule has 0 aliphatic carbocycles. The summed E-state index contributed by atoms with van der Waals surface area (Å²) in [4.78, 5) is 25.3. The van der Waals surface area contributed by atoms with Gasteiger partial charge < -0.3 is 4.74 Å². The van der Waals surface area contributed by atoms with Crippen LogP contribution in [0.5, 0.6) is 0 Å². The van der Waals surface area contributed by atoms with Gasteiger partial charge in [0.2, 0.25) is 5.78 Å². The van der Waals surface area contributed by atoms with Crippen molar-refractivity contribution >= 4 is 18.0 Å². The number of unbranched alkanes of at least 4 members (excludes halogenated alkanes) is 1. The Morgan fingerprint density at radius 2 is 2.20 bits per heavy atom. The molecule has 5 nitrogen and oxygen atoms in total. The molecule has 0 rings (SSSR count). The van der Waals surface area contributed by atoms with Gasteiger partial charge in [-0.15, -0.1) is 0 Å². The first-order valence-corrected chi connectivity index (χ1v) is 4.96. The molecule has 84 valence electrons. The van der Waals surface area contributed by atoms with E-state index < -0.39 is 5.92 Å². The van der Waals surface area contributed by atoms with Crippen molar-refractivity contribution < 1.29 is 19.1 Å². The molecule has 0 aliphatic rings. The van der Waals surface area contributed by atoms with Crippen LogP contribution >= 0.6 is 0 Å². The third kappa shape index (κ3) is 5.75. The molecule has 0 aromatic rings. The van der Waals surface area contributed by atoms with E-state index in [1.54, 1.807) is 0 Å². The van der Waals surface area contributed by atoms with Crippen molar-refractivity contribution in [1.82, 2.24) is 0 Å². The first-order chi connectivity index (χ1) is 7.15. The van der Waals surface area contributed by atoms with Gasteiger partial charge in [-0.05, 0) is 6.42 Å². The standard InChI is InChI=1S/C10H17N2O3/c1-3-4-5-8(10(14)15-2)6-9(13)7-12-11/h7-8,11H,3-6H2,1-2H3/q+1. The van der Waals surface area contributed by atoms with Crippen molar-refractivity contribution in [2.75, 3.05) is 7.11 Å². The maximum atomic E-state index is 11.3. The van der Waals surface area contributed by atoms with Gasteiger partial charge in [0.25, 0.3) is 0 Å². The highest BCUT2D eigenvalue weighted by atomic mass is 16.5. The first-order valence-electron chi connectivity index (χ1n) is 4.96. The van der Waals surface area contributed by atoms with Gasteiger partial charge >= 0.3 is 12.2 Å². The SMILES string of the molecule is CCCCC(CC(=O)C=[N+]=N)C(=O)OC. The lowest BCUT2D eigenvalue weighted by Gasteiger charge is -2.10. The van der Waals surface area contributed by atoms with E-state index in [0.717, 1.165) is 19.1 Å². The molecule has 0 heterocycles. The van der Waals surface area contributed by atoms with Gasteiger partial charge in [0.15, 0.2) is 0 Å². The Balaban J connectivity index is 4.29. The molecule has 0 spiro atoms. The van der Waals surface area contributed by atoms with Crippen LogP contribution in [0.1, 0.15) is 32.6 Å². The maximum Gasteiger partial charge on any atom is 0.372 e. The quantitative estimate of drug-likeness (QED) is 0.299. The van der Waals surface area contributed by atoms with E-state index in [-0.39, 0.29) is 18.2 Å². The zero-order chi connectivity index (χ0) is 11.7. The number of Topliss-reactive ketones (excluding diaryl/α,β-unsaturated/α-hetero) is 1. The van der Waals surface area contributed by atoms with E-state index in [9.17, 15) is 9.59 Å². The molecule has 0 fully saturated rings. The van der Waals surface area contributed by atoms with Gasteiger partial charge in [0.05, 0.1) is 23.3 Å². The number of ether oxygens (including phenoxy) is 1. The minimum Gasteiger partial charge on any atom is -0.469 e. The highest BCUT2D eigenvalue weighted by molar-refractivity contribution is 6.25. The molecule has 0 saturated carbocycles. The highest BCUT2D eigenvalue weighted by Gasteiger charge is 2.22. The second-order valence-electron chi connectivity index (χ2n) is 3.29. The van der Waals surface area contributed by atoms with Crippen LogP contribution in [0, 0.1) is 11.4 Å². The Kier molecular flexibility index (Phi) is 7.10. The van der Waals surface area contributed by atoms with Crippen LogP contribution in [-0.2, 0) is 14.3 Å². The van der Waals surface area contributed by atoms with Gasteiger partial charge in [-0.2, -0.15) is 0 Å². The Labute approximate surface area is 89.0 Å². The second kappa shape index (κ2) is 7.88. The van der Waals surface area contributed by atoms with Crippen molar-refractivity contribution in [3.8, 4) is 0 Å². The Hall–Kier alpha value is -1.48. The lowest BCUT2D eigenvalue weighted by Crippen LogP contribution is -2.20. The lowest BCUT2D eigenvalue weighted by atomic mass is 9.96. The predicted molar refractivity (Wildman–Crippen MR) is 53.7 cm³/mol. The highest BCUT2D eigenvalue weighted by Crippen LogP contribution is 2.14. The largest absolute Gasteiger partial charge is 0.469 e. The number of methoxy groups -OCH3 is 1. The molecule has 0 aromatic heterocycles. The van der Waals surface area contributed by atoms with Crippen molar-refractivity contribution in [2.24, 2.45) is 5.92 Å². The van der Waals surface area contributed by atoms with E-state index in [1.165, 1.54) is 7.11 Å². The molecule has 1 unspecified atom stereocenters. The van der Waals surface area contributed by atoms with Crippen molar-refractivity contribution in [2.45, 2.75) is 32.6 Å². The van der Waals surface area contributed by atoms with Crippen LogP contribution in [0.3, 0.4) is 0 Å². The van der Waals surface area contributed by atoms with E-state index in [2.05, 4.69) is 9.53 Å². The molecular formula is C10H17N2O3+. The number of carbonyl (C=O) groups excluding carboxylic acids is 2. The second-order valence-corrected chi connectivity index (χ2v) is 3.29. The molecule has 0 saturated heterocycles. The third-order valence-corrected chi connectivity index (χ3v) is 2.10. The molecule has 1 N–H and O–H groups in total. The summed E-state index contributed by atoms with van der Waals surface area (Å²) in [5.74, 6) is -1.08. The van der Waals surface area contributed by atoms with Crippen molar-refractivity contribution in [3.05, 3.63) is 0 Å². The Bertz CT molecular complexity index is 270. The normalized spacial score (nSPS) is 11.3. The fourth-order valence-corrected chi connectivity index (χ4v) is 1.29. The summed E-state index contributed by atoms with van der Waals surface area (Å²) < 4.78 is 4.61. The smallest absolute Gasteiger partial charge is 0.372 e. The number of nitrogens with one attached hydrogen (secondary N) is 1. The predicted octanol–water partition coefficient (Wildman–Crippen LogP) is 1.23. The summed E-state index contributed by atoms with van der Waals surface area (Å²) in [7, 11) is 1.31. The van der Waals surface area contributed by atoms with Crippen LogP contribution in [0.25, 0.3) is 0 Å². The van der Waals surface area contributed by atoms with Gasteiger partial charge in [-0.3, -0.25) is 9.59 Å². The van der Waals surface area contributed by atoms with Gasteiger partial charge in [-0.1, -0.05) is 19.8 Å². The zero-order valence-corrected chi connectivity index (χ0v) is 9.16. The summed E-state index contributed by atoms with van der Waals surface area (Å²) in [5.41, 5.74) is 6.50. The molecule has 1 atom stereocenters. The summed E-state index contributed by atoms with van der Waals surface area (Å²) in [6.07, 6.45) is 3.48. The van der Waals surface area contributed by atoms with Gasteiger partial charge in [0, 0.05) is 6.42 Å². The summed E-state index contributed by atoms with van der Waals surface area (Å²) >= 11 is 0. The van der Waals surface area contributed by atoms with E-state index in [4.69, 9.17) is 5.53 Å². The summed E-state index contributed by atoms with van der Waals surface area (Å²) in [5, 5.41) is 0. The van der Waals surface area contributed by atoms with Gasteiger partial charge in [-0.25, -0.2) is 0 Å². The maximum absolute atomic E-state index is 11.3. The number of nitrogens with zero attached hydrogens (tertiary/aromatic N) is 1. The molecule has 0 radical (unpaired) electrons. The van der Waals surface area contributed by atoms with Crippen LogP contribution in [0.4, 0.5) is 0 Å². The molecule has 15 heavy (non-hydrogen) atoms. The summed E-state index contributed by atoms with van der Waals surface area (Å²) in [6.45, 7) is 2.02. The van der Waals surface area contributed by atoms with E-state index in [1.807, 2.05) is 6.92 Å². The van der Waals surface area contributed by atoms with Crippen molar-refractivity contribution in [3.63, 3.8) is 0 Å². The number of hydrogen-bond donors (Lipinski definition) is 1. The molecular weight excluding hydrogens is 196 g/mol. The zero-order valence-electron chi connectivity index (χ0n) is 9.16. The number of ketones is 1. The molecule has 0 amide bonds. The topological polar surface area (TPSA) is 81.3 Å². The molecule has 0 aromatic carbocycles. The number of hydrogen-bond acceptors (Lipinski definition) is 4. The van der Waals surface area contributed by atoms with Gasteiger partial charge in [0.1, 0.15) is 0 Å². The van der Waals surface area contributed by atoms with Crippen LogP contribution < -0.4 is 0 Å². The molecule has 0 aliphatic heterocycles. The van der Waals surface area contributed by atoms with E-state index in [0.29, 0.717) is 6.42 Å². The number of rotatable bonds is 7. The lowest BCUT2D eigenvalue weighted by molar-refractivity contribution is -0.147. The van der Waals surface area contributed by atoms with Crippen LogP contribution in [0.15, 0.2) is 0 Å². The first kappa shape index (κ1) is 13.5. The Morgan fingerprint density at radius 1 is 1.53 bits per heavy atom. The average Bonchev–Trinajstić information content (AvgIpc) is 2.23. The molecule has 5 heteroatoms. The monoisotopic (exact) mass is 213 g/mol. The number of esters is 1. The fraction of sp³-hybridized carbons (Fsp3) is 0.700. The van der Waals surface area contributed by atoms with Crippen LogP contribution in [0.2, 0.25) is 0 Å². The number of carbonyl (C=O) groups is 2. The van der Waals surface area contributed by atoms with Crippen LogP contribution in [-0.4, -0.2) is 29.9 Å². The summed E-state index contributed by atoms with van der Waals surface area (Å²) in [6, 6.07) is 0. The Morgan fingerprint density at radius 3 is 2.67 bits per heavy atom. The molecule has 0 bridgehead atoms. The van der Waals surface area contributed by atoms with E-state index >= 15 is 0 Å².